The van der Waals surface area contributed by atoms with Crippen LogP contribution in [0.5, 0.6) is 0 Å². The summed E-state index contributed by atoms with van der Waals surface area (Å²) in [5.41, 5.74) is 0.814. The van der Waals surface area contributed by atoms with Gasteiger partial charge in [-0.25, -0.2) is 13.2 Å². The number of nitrogens with zero attached hydrogens (tertiary/aromatic N) is 1. The molecule has 0 aliphatic rings. The fourth-order valence-electron chi connectivity index (χ4n) is 1.97. The van der Waals surface area contributed by atoms with Crippen LogP contribution < -0.4 is 10.9 Å². The number of nitrogens with one attached hydrogen (secondary N) is 1. The van der Waals surface area contributed by atoms with Gasteiger partial charge >= 0.3 is 0 Å². The summed E-state index contributed by atoms with van der Waals surface area (Å²) >= 11 is 0. The Morgan fingerprint density at radius 3 is 2.43 bits per heavy atom. The molecule has 0 radical (unpaired) electrons. The molecule has 112 valence electrons. The maximum absolute atomic E-state index is 13.1. The zero-order valence-corrected chi connectivity index (χ0v) is 11.5. The third kappa shape index (κ3) is 3.65. The van der Waals surface area contributed by atoms with Gasteiger partial charge in [0.15, 0.2) is 17.5 Å². The van der Waals surface area contributed by atoms with Crippen LogP contribution in [0.2, 0.25) is 0 Å². The normalized spacial score (nSPS) is 10.7. The van der Waals surface area contributed by atoms with Crippen molar-refractivity contribution in [2.75, 3.05) is 5.32 Å². The summed E-state index contributed by atoms with van der Waals surface area (Å²) in [7, 11) is 0. The molecule has 0 spiro atoms. The number of hydrogen-bond acceptors (Lipinski definition) is 2. The number of hydrogen-bond donors (Lipinski definition) is 1. The van der Waals surface area contributed by atoms with E-state index in [-0.39, 0.29) is 17.7 Å². The molecule has 0 bridgehead atoms. The van der Waals surface area contributed by atoms with Gasteiger partial charge in [-0.3, -0.25) is 4.79 Å². The van der Waals surface area contributed by atoms with E-state index in [2.05, 4.69) is 5.32 Å². The number of aryl methyl sites for hydroxylation is 1. The fraction of sp³-hybridized carbons (Fsp3) is 0.267. The zero-order valence-electron chi connectivity index (χ0n) is 11.5. The van der Waals surface area contributed by atoms with Crippen LogP contribution in [-0.4, -0.2) is 4.57 Å². The van der Waals surface area contributed by atoms with Gasteiger partial charge in [0.1, 0.15) is 0 Å². The minimum atomic E-state index is -1.48. The molecular weight excluding hydrogens is 281 g/mol. The van der Waals surface area contributed by atoms with Crippen LogP contribution in [0.3, 0.4) is 0 Å². The lowest BCUT2D eigenvalue weighted by Gasteiger charge is -2.10. The second-order valence-electron chi connectivity index (χ2n) is 4.68. The number of anilines is 1. The molecule has 1 heterocycles. The van der Waals surface area contributed by atoms with Crippen molar-refractivity contribution >= 4 is 5.69 Å². The molecule has 1 aromatic heterocycles. The first-order valence-corrected chi connectivity index (χ1v) is 6.59. The third-order valence-corrected chi connectivity index (χ3v) is 2.99. The molecule has 0 amide bonds. The van der Waals surface area contributed by atoms with Crippen molar-refractivity contribution in [2.45, 2.75) is 26.4 Å². The molecule has 0 saturated heterocycles. The Hall–Kier alpha value is -2.24. The quantitative estimate of drug-likeness (QED) is 0.859. The van der Waals surface area contributed by atoms with E-state index in [4.69, 9.17) is 0 Å². The Balaban J connectivity index is 2.13. The molecule has 0 saturated carbocycles. The van der Waals surface area contributed by atoms with Crippen molar-refractivity contribution in [3.05, 3.63) is 63.8 Å². The molecule has 0 aliphatic carbocycles. The molecule has 3 nitrogen and oxygen atoms in total. The Labute approximate surface area is 120 Å². The highest BCUT2D eigenvalue weighted by Gasteiger charge is 2.10. The van der Waals surface area contributed by atoms with Crippen LogP contribution in [0.1, 0.15) is 18.9 Å². The molecule has 2 aromatic rings. The highest BCUT2D eigenvalue weighted by Crippen LogP contribution is 2.15. The molecule has 0 aliphatic heterocycles. The topological polar surface area (TPSA) is 34.0 Å². The van der Waals surface area contributed by atoms with E-state index < -0.39 is 17.5 Å². The summed E-state index contributed by atoms with van der Waals surface area (Å²) < 4.78 is 40.6. The first-order chi connectivity index (χ1) is 10.0. The molecule has 0 fully saturated rings. The van der Waals surface area contributed by atoms with Crippen molar-refractivity contribution in [1.82, 2.24) is 4.57 Å². The van der Waals surface area contributed by atoms with Gasteiger partial charge in [0.2, 0.25) is 0 Å². The van der Waals surface area contributed by atoms with Crippen LogP contribution in [0.25, 0.3) is 0 Å². The molecule has 2 rings (SSSR count). The van der Waals surface area contributed by atoms with E-state index in [0.29, 0.717) is 12.2 Å². The van der Waals surface area contributed by atoms with Gasteiger partial charge < -0.3 is 9.88 Å². The minimum Gasteiger partial charge on any atom is -0.380 e. The minimum absolute atomic E-state index is 0.110. The van der Waals surface area contributed by atoms with Crippen molar-refractivity contribution in [3.63, 3.8) is 0 Å². The Bertz CT molecular complexity index is 675. The largest absolute Gasteiger partial charge is 0.380 e. The standard InChI is InChI=1S/C15H15F3N2O/c1-2-5-20-9-11(3-4-14(20)21)19-8-10-6-12(16)15(18)13(17)7-10/h3-4,6-7,9,19H,2,5,8H2,1H3. The lowest BCUT2D eigenvalue weighted by molar-refractivity contribution is 0.445. The summed E-state index contributed by atoms with van der Waals surface area (Å²) in [6.07, 6.45) is 2.46. The van der Waals surface area contributed by atoms with E-state index in [9.17, 15) is 18.0 Å². The second-order valence-corrected chi connectivity index (χ2v) is 4.68. The van der Waals surface area contributed by atoms with Crippen molar-refractivity contribution < 1.29 is 13.2 Å². The third-order valence-electron chi connectivity index (χ3n) is 2.99. The maximum atomic E-state index is 13.1. The summed E-state index contributed by atoms with van der Waals surface area (Å²) in [4.78, 5) is 11.6. The predicted octanol–water partition coefficient (Wildman–Crippen LogP) is 3.29. The Morgan fingerprint density at radius 2 is 1.81 bits per heavy atom. The van der Waals surface area contributed by atoms with Crippen molar-refractivity contribution in [3.8, 4) is 0 Å². The Morgan fingerprint density at radius 1 is 1.14 bits per heavy atom. The van der Waals surface area contributed by atoms with E-state index in [1.807, 2.05) is 6.92 Å². The first kappa shape index (κ1) is 15.2. The van der Waals surface area contributed by atoms with Crippen molar-refractivity contribution in [2.24, 2.45) is 0 Å². The summed E-state index contributed by atoms with van der Waals surface area (Å²) in [5.74, 6) is -3.92. The molecule has 21 heavy (non-hydrogen) atoms. The molecule has 0 unspecified atom stereocenters. The lowest BCUT2D eigenvalue weighted by atomic mass is 10.2. The Kier molecular flexibility index (Phi) is 4.67. The molecule has 1 aromatic carbocycles. The highest BCUT2D eigenvalue weighted by atomic mass is 19.2. The molecule has 6 heteroatoms. The maximum Gasteiger partial charge on any atom is 0.250 e. The van der Waals surface area contributed by atoms with E-state index in [1.54, 1.807) is 16.8 Å². The van der Waals surface area contributed by atoms with Gasteiger partial charge in [-0.05, 0) is 30.2 Å². The van der Waals surface area contributed by atoms with Gasteiger partial charge in [0, 0.05) is 25.4 Å². The summed E-state index contributed by atoms with van der Waals surface area (Å²) in [6.45, 7) is 2.67. The van der Waals surface area contributed by atoms with E-state index >= 15 is 0 Å². The van der Waals surface area contributed by atoms with Crippen LogP contribution in [0.15, 0.2) is 35.3 Å². The van der Waals surface area contributed by atoms with E-state index in [0.717, 1.165) is 18.6 Å². The van der Waals surface area contributed by atoms with E-state index in [1.165, 1.54) is 6.07 Å². The van der Waals surface area contributed by atoms with Crippen molar-refractivity contribution in [1.29, 1.82) is 0 Å². The van der Waals surface area contributed by atoms with Gasteiger partial charge in [-0.15, -0.1) is 0 Å². The summed E-state index contributed by atoms with van der Waals surface area (Å²) in [5, 5.41) is 2.95. The first-order valence-electron chi connectivity index (χ1n) is 6.59. The average molecular weight is 296 g/mol. The van der Waals surface area contributed by atoms with Gasteiger partial charge in [0.05, 0.1) is 5.69 Å². The molecule has 0 atom stereocenters. The average Bonchev–Trinajstić information content (AvgIpc) is 2.45. The van der Waals surface area contributed by atoms with Crippen LogP contribution in [0.4, 0.5) is 18.9 Å². The number of aromatic nitrogens is 1. The number of rotatable bonds is 5. The summed E-state index contributed by atoms with van der Waals surface area (Å²) in [6, 6.07) is 4.88. The monoisotopic (exact) mass is 296 g/mol. The number of pyridine rings is 1. The molecule has 1 N–H and O–H groups in total. The van der Waals surface area contributed by atoms with Crippen LogP contribution >= 0.6 is 0 Å². The predicted molar refractivity (Wildman–Crippen MR) is 74.6 cm³/mol. The highest BCUT2D eigenvalue weighted by molar-refractivity contribution is 5.41. The second kappa shape index (κ2) is 6.47. The fourth-order valence-corrected chi connectivity index (χ4v) is 1.97. The van der Waals surface area contributed by atoms with Crippen LogP contribution in [-0.2, 0) is 13.1 Å². The smallest absolute Gasteiger partial charge is 0.250 e. The van der Waals surface area contributed by atoms with Gasteiger partial charge in [-0.1, -0.05) is 6.92 Å². The zero-order chi connectivity index (χ0) is 15.4. The lowest BCUT2D eigenvalue weighted by Crippen LogP contribution is -2.18. The van der Waals surface area contributed by atoms with Crippen LogP contribution in [0, 0.1) is 17.5 Å². The van der Waals surface area contributed by atoms with Gasteiger partial charge in [0.25, 0.3) is 5.56 Å². The number of halogens is 3. The number of benzene rings is 1. The SMILES string of the molecule is CCCn1cc(NCc2cc(F)c(F)c(F)c2)ccc1=O. The molecular formula is C15H15F3N2O. The van der Waals surface area contributed by atoms with Gasteiger partial charge in [-0.2, -0.15) is 0 Å².